The van der Waals surface area contributed by atoms with Crippen LogP contribution in [-0.4, -0.2) is 73.0 Å². The fourth-order valence-electron chi connectivity index (χ4n) is 4.12. The van der Waals surface area contributed by atoms with Gasteiger partial charge in [0.25, 0.3) is 0 Å². The number of carbonyl (C=O) groups is 1. The molecule has 2 aromatic rings. The predicted molar refractivity (Wildman–Crippen MR) is 140 cm³/mol. The molecule has 0 unspecified atom stereocenters. The summed E-state index contributed by atoms with van der Waals surface area (Å²) in [5, 5.41) is 2.73. The van der Waals surface area contributed by atoms with Gasteiger partial charge in [-0.25, -0.2) is 8.42 Å². The van der Waals surface area contributed by atoms with Gasteiger partial charge >= 0.3 is 0 Å². The standard InChI is InChI=1S/C26H34N2O8S/c1-32-21-15-19-9-11-28(17-20(19)16-22(21)33-2)37(30,31)12-6-10-27-25(29)8-7-18-13-23(34-3)26(36-5)24(14-18)35-4/h7-8,13-16H,6,9-12,17H2,1-5H3,(H,27,29)/b8-7+. The zero-order chi connectivity index (χ0) is 27.0. The Labute approximate surface area is 218 Å². The van der Waals surface area contributed by atoms with Crippen LogP contribution in [0.15, 0.2) is 30.3 Å². The summed E-state index contributed by atoms with van der Waals surface area (Å²) in [6.45, 7) is 0.906. The van der Waals surface area contributed by atoms with Gasteiger partial charge in [-0.15, -0.1) is 0 Å². The second-order valence-electron chi connectivity index (χ2n) is 8.31. The normalized spacial score (nSPS) is 13.6. The van der Waals surface area contributed by atoms with Gasteiger partial charge in [-0.2, -0.15) is 4.31 Å². The molecule has 1 aliphatic rings. The number of benzene rings is 2. The molecule has 0 radical (unpaired) electrons. The largest absolute Gasteiger partial charge is 0.493 e. The van der Waals surface area contributed by atoms with Gasteiger partial charge in [0.05, 0.1) is 41.3 Å². The molecule has 1 amide bonds. The summed E-state index contributed by atoms with van der Waals surface area (Å²) in [6.07, 6.45) is 3.88. The third kappa shape index (κ3) is 6.86. The molecule has 0 fully saturated rings. The minimum atomic E-state index is -3.48. The SMILES string of the molecule is COc1cc2c(cc1OC)CN(S(=O)(=O)CCCNC(=O)/C=C/c1cc(OC)c(OC)c(OC)c1)CC2. The number of methoxy groups -OCH3 is 5. The van der Waals surface area contributed by atoms with Crippen molar-refractivity contribution in [2.45, 2.75) is 19.4 Å². The van der Waals surface area contributed by atoms with E-state index < -0.39 is 10.0 Å². The van der Waals surface area contributed by atoms with E-state index in [1.165, 1.54) is 31.7 Å². The highest BCUT2D eigenvalue weighted by Crippen LogP contribution is 2.38. The van der Waals surface area contributed by atoms with Crippen molar-refractivity contribution in [3.8, 4) is 28.7 Å². The molecule has 0 saturated heterocycles. The van der Waals surface area contributed by atoms with Crippen molar-refractivity contribution in [2.75, 3.05) is 54.4 Å². The summed E-state index contributed by atoms with van der Waals surface area (Å²) in [7, 11) is 4.19. The molecule has 1 N–H and O–H groups in total. The van der Waals surface area contributed by atoms with Crippen LogP contribution in [0, 0.1) is 0 Å². The minimum absolute atomic E-state index is 0.0630. The summed E-state index contributed by atoms with van der Waals surface area (Å²) in [6, 6.07) is 7.18. The van der Waals surface area contributed by atoms with Gasteiger partial charge in [0.15, 0.2) is 23.0 Å². The zero-order valence-corrected chi connectivity index (χ0v) is 22.6. The average Bonchev–Trinajstić information content (AvgIpc) is 2.92. The summed E-state index contributed by atoms with van der Waals surface area (Å²) < 4.78 is 53.9. The lowest BCUT2D eigenvalue weighted by molar-refractivity contribution is -0.116. The number of sulfonamides is 1. The maximum Gasteiger partial charge on any atom is 0.243 e. The van der Waals surface area contributed by atoms with E-state index in [2.05, 4.69) is 5.32 Å². The van der Waals surface area contributed by atoms with Gasteiger partial charge in [-0.1, -0.05) is 0 Å². The molecule has 0 spiro atoms. The molecule has 0 aliphatic carbocycles. The first-order chi connectivity index (χ1) is 17.8. The highest BCUT2D eigenvalue weighted by Gasteiger charge is 2.27. The highest BCUT2D eigenvalue weighted by atomic mass is 32.2. The van der Waals surface area contributed by atoms with E-state index in [0.717, 1.165) is 11.1 Å². The van der Waals surface area contributed by atoms with Crippen LogP contribution in [0.25, 0.3) is 6.08 Å². The molecule has 3 rings (SSSR count). The van der Waals surface area contributed by atoms with Crippen molar-refractivity contribution in [1.82, 2.24) is 9.62 Å². The monoisotopic (exact) mass is 534 g/mol. The van der Waals surface area contributed by atoms with Gasteiger partial charge in [-0.3, -0.25) is 4.79 Å². The quantitative estimate of drug-likeness (QED) is 0.327. The minimum Gasteiger partial charge on any atom is -0.493 e. The maximum atomic E-state index is 12.9. The topological polar surface area (TPSA) is 113 Å². The molecule has 1 heterocycles. The van der Waals surface area contributed by atoms with E-state index in [1.54, 1.807) is 32.4 Å². The highest BCUT2D eigenvalue weighted by molar-refractivity contribution is 7.89. The van der Waals surface area contributed by atoms with Crippen LogP contribution >= 0.6 is 0 Å². The van der Waals surface area contributed by atoms with Crippen LogP contribution in [0.5, 0.6) is 28.7 Å². The molecule has 10 nitrogen and oxygen atoms in total. The maximum absolute atomic E-state index is 12.9. The Balaban J connectivity index is 1.52. The lowest BCUT2D eigenvalue weighted by atomic mass is 10.0. The molecule has 2 aromatic carbocycles. The van der Waals surface area contributed by atoms with E-state index >= 15 is 0 Å². The molecule has 1 aliphatic heterocycles. The van der Waals surface area contributed by atoms with Gasteiger partial charge in [-0.05, 0) is 59.9 Å². The van der Waals surface area contributed by atoms with E-state index in [0.29, 0.717) is 53.7 Å². The van der Waals surface area contributed by atoms with Crippen LogP contribution < -0.4 is 29.0 Å². The summed E-state index contributed by atoms with van der Waals surface area (Å²) in [4.78, 5) is 12.3. The smallest absolute Gasteiger partial charge is 0.243 e. The first-order valence-electron chi connectivity index (χ1n) is 11.7. The van der Waals surface area contributed by atoms with Crippen molar-refractivity contribution in [3.05, 3.63) is 47.0 Å². The van der Waals surface area contributed by atoms with E-state index in [9.17, 15) is 13.2 Å². The van der Waals surface area contributed by atoms with Gasteiger partial charge < -0.3 is 29.0 Å². The van der Waals surface area contributed by atoms with Gasteiger partial charge in [0.2, 0.25) is 21.7 Å². The van der Waals surface area contributed by atoms with Crippen molar-refractivity contribution < 1.29 is 36.9 Å². The summed E-state index contributed by atoms with van der Waals surface area (Å²) in [5.74, 6) is 2.22. The molecular formula is C26H34N2O8S. The third-order valence-electron chi connectivity index (χ3n) is 6.07. The second kappa shape index (κ2) is 12.7. The van der Waals surface area contributed by atoms with Crippen molar-refractivity contribution in [2.24, 2.45) is 0 Å². The fourth-order valence-corrected chi connectivity index (χ4v) is 5.59. The molecular weight excluding hydrogens is 500 g/mol. The number of carbonyl (C=O) groups excluding carboxylic acids is 1. The zero-order valence-electron chi connectivity index (χ0n) is 21.8. The first kappa shape index (κ1) is 28.1. The molecule has 11 heteroatoms. The molecule has 0 saturated carbocycles. The lowest BCUT2D eigenvalue weighted by Gasteiger charge is -2.29. The van der Waals surface area contributed by atoms with E-state index in [4.69, 9.17) is 23.7 Å². The molecule has 37 heavy (non-hydrogen) atoms. The number of hydrogen-bond acceptors (Lipinski definition) is 8. The van der Waals surface area contributed by atoms with Crippen LogP contribution in [0.1, 0.15) is 23.1 Å². The molecule has 202 valence electrons. The van der Waals surface area contributed by atoms with Crippen molar-refractivity contribution in [1.29, 1.82) is 0 Å². The second-order valence-corrected chi connectivity index (χ2v) is 10.4. The predicted octanol–water partition coefficient (Wildman–Crippen LogP) is 2.64. The van der Waals surface area contributed by atoms with Crippen molar-refractivity contribution >= 4 is 22.0 Å². The Hall–Kier alpha value is -3.44. The molecule has 0 bridgehead atoms. The van der Waals surface area contributed by atoms with E-state index in [1.807, 2.05) is 12.1 Å². The van der Waals surface area contributed by atoms with Gasteiger partial charge in [0, 0.05) is 25.7 Å². The number of hydrogen-bond donors (Lipinski definition) is 1. The Morgan fingerprint density at radius 1 is 0.892 bits per heavy atom. The van der Waals surface area contributed by atoms with Crippen LogP contribution in [0.4, 0.5) is 0 Å². The summed E-state index contributed by atoms with van der Waals surface area (Å²) in [5.41, 5.74) is 2.64. The number of rotatable bonds is 12. The third-order valence-corrected chi connectivity index (χ3v) is 7.97. The molecule has 0 aromatic heterocycles. The van der Waals surface area contributed by atoms with Crippen LogP contribution in [0.2, 0.25) is 0 Å². The average molecular weight is 535 g/mol. The Morgan fingerprint density at radius 3 is 2.05 bits per heavy atom. The lowest BCUT2D eigenvalue weighted by Crippen LogP contribution is -2.38. The molecule has 0 atom stereocenters. The Kier molecular flexibility index (Phi) is 9.65. The number of amides is 1. The number of ether oxygens (including phenoxy) is 5. The Bertz CT molecular complexity index is 1220. The first-order valence-corrected chi connectivity index (χ1v) is 13.3. The van der Waals surface area contributed by atoms with Crippen LogP contribution in [-0.2, 0) is 27.8 Å². The number of nitrogens with zero attached hydrogens (tertiary/aromatic N) is 1. The fraction of sp³-hybridized carbons (Fsp3) is 0.423. The van der Waals surface area contributed by atoms with Gasteiger partial charge in [0.1, 0.15) is 0 Å². The number of fused-ring (bicyclic) bond motifs is 1. The van der Waals surface area contributed by atoms with Crippen LogP contribution in [0.3, 0.4) is 0 Å². The number of nitrogens with one attached hydrogen (secondary N) is 1. The van der Waals surface area contributed by atoms with Crippen molar-refractivity contribution in [3.63, 3.8) is 0 Å². The Morgan fingerprint density at radius 2 is 1.49 bits per heavy atom. The van der Waals surface area contributed by atoms with E-state index in [-0.39, 0.29) is 24.7 Å². The summed E-state index contributed by atoms with van der Waals surface area (Å²) >= 11 is 0.